The molecule has 3 N–H and O–H groups in total. The van der Waals surface area contributed by atoms with Crippen LogP contribution in [0.3, 0.4) is 0 Å². The molecule has 0 aliphatic rings. The molecule has 304 valence electrons. The summed E-state index contributed by atoms with van der Waals surface area (Å²) in [5, 5.41) is 5.45. The van der Waals surface area contributed by atoms with Crippen LogP contribution in [-0.4, -0.2) is 96.4 Å². The average Bonchev–Trinajstić information content (AvgIpc) is 3.16. The van der Waals surface area contributed by atoms with E-state index in [0.717, 1.165) is 31.6 Å². The maximum absolute atomic E-state index is 12.2. The van der Waals surface area contributed by atoms with E-state index in [1.54, 1.807) is 0 Å². The molecule has 2 rings (SSSR count). The van der Waals surface area contributed by atoms with Crippen LogP contribution in [0.25, 0.3) is 12.2 Å². The number of hydrogen-bond donors (Lipinski definition) is 3. The SMILES string of the molecule is CCCCCCN(CCCCCC)c1ccc(/C=C/c2cc[n+](CCCC(=O)NCCOCCOCCOCCC(=O)NCCCS(=O)(=O)O)cc2)cc1. The summed E-state index contributed by atoms with van der Waals surface area (Å²) in [6.07, 6.45) is 20.2. The van der Waals surface area contributed by atoms with E-state index in [4.69, 9.17) is 18.8 Å². The van der Waals surface area contributed by atoms with E-state index in [2.05, 4.69) is 94.9 Å². The molecule has 0 unspecified atom stereocenters. The largest absolute Gasteiger partial charge is 0.379 e. The Hall–Kier alpha value is -3.36. The molecule has 13 heteroatoms. The monoisotopic (exact) mass is 775 g/mol. The van der Waals surface area contributed by atoms with E-state index < -0.39 is 10.1 Å². The highest BCUT2D eigenvalue weighted by Crippen LogP contribution is 2.19. The molecular weight excluding hydrogens is 709 g/mol. The van der Waals surface area contributed by atoms with Crippen LogP contribution in [0.1, 0.15) is 102 Å². The number of anilines is 1. The molecule has 0 aliphatic carbocycles. The van der Waals surface area contributed by atoms with Crippen molar-refractivity contribution in [2.24, 2.45) is 0 Å². The molecule has 0 saturated carbocycles. The van der Waals surface area contributed by atoms with Crippen molar-refractivity contribution >= 4 is 39.8 Å². The molecule has 1 aromatic carbocycles. The Morgan fingerprint density at radius 3 is 1.80 bits per heavy atom. The minimum absolute atomic E-state index is 0.000985. The number of benzene rings is 1. The normalized spacial score (nSPS) is 11.6. The molecule has 0 atom stereocenters. The van der Waals surface area contributed by atoms with E-state index in [0.29, 0.717) is 46.0 Å². The zero-order chi connectivity index (χ0) is 39.1. The predicted octanol–water partition coefficient (Wildman–Crippen LogP) is 5.84. The first-order valence-corrected chi connectivity index (χ1v) is 21.5. The van der Waals surface area contributed by atoms with Gasteiger partial charge in [0.05, 0.1) is 45.4 Å². The first-order valence-electron chi connectivity index (χ1n) is 19.9. The van der Waals surface area contributed by atoms with E-state index in [1.807, 2.05) is 0 Å². The lowest BCUT2D eigenvalue weighted by atomic mass is 10.1. The van der Waals surface area contributed by atoms with Gasteiger partial charge < -0.3 is 29.7 Å². The summed E-state index contributed by atoms with van der Waals surface area (Å²) in [4.78, 5) is 26.4. The molecule has 54 heavy (non-hydrogen) atoms. The van der Waals surface area contributed by atoms with Crippen molar-refractivity contribution in [2.45, 2.75) is 97.4 Å². The van der Waals surface area contributed by atoms with Crippen LogP contribution in [0.15, 0.2) is 48.8 Å². The Bertz CT molecular complexity index is 1390. The lowest BCUT2D eigenvalue weighted by molar-refractivity contribution is -0.697. The minimum Gasteiger partial charge on any atom is -0.379 e. The summed E-state index contributed by atoms with van der Waals surface area (Å²) in [6, 6.07) is 13.1. The van der Waals surface area contributed by atoms with Crippen molar-refractivity contribution in [2.75, 3.05) is 76.5 Å². The lowest BCUT2D eigenvalue weighted by Crippen LogP contribution is -2.34. The number of unbranched alkanes of at least 4 members (excludes halogenated alkanes) is 6. The van der Waals surface area contributed by atoms with Gasteiger partial charge in [0.25, 0.3) is 10.1 Å². The second-order valence-corrected chi connectivity index (χ2v) is 15.0. The van der Waals surface area contributed by atoms with Crippen LogP contribution in [0.5, 0.6) is 0 Å². The number of amides is 2. The van der Waals surface area contributed by atoms with Gasteiger partial charge in [0.2, 0.25) is 11.8 Å². The third-order valence-electron chi connectivity index (χ3n) is 8.71. The Balaban J connectivity index is 1.52. The van der Waals surface area contributed by atoms with Gasteiger partial charge in [0.1, 0.15) is 6.54 Å². The van der Waals surface area contributed by atoms with Crippen LogP contribution in [0.2, 0.25) is 0 Å². The number of aromatic nitrogens is 1. The average molecular weight is 776 g/mol. The fourth-order valence-corrected chi connectivity index (χ4v) is 6.11. The van der Waals surface area contributed by atoms with Crippen molar-refractivity contribution in [1.82, 2.24) is 10.6 Å². The molecule has 12 nitrogen and oxygen atoms in total. The zero-order valence-electron chi connectivity index (χ0n) is 32.9. The van der Waals surface area contributed by atoms with Crippen molar-refractivity contribution in [3.05, 3.63) is 59.9 Å². The standard InChI is InChI=1S/C41H66N4O8S/c1-3-5-7-9-26-45(27-10-8-6-4-2)39-18-16-37(17-19-39)14-15-38-20-28-44(29-21-38)25-11-13-40(46)43-24-31-52-33-35-53-34-32-51-30-22-41(47)42-23-12-36-54(48,49)50/h14-21,28-29H,3-13,22-27,30-36H2,1-2H3,(H2-,42,43,46,47,48,49,50)/p+1. The maximum atomic E-state index is 12.2. The molecule has 0 bridgehead atoms. The van der Waals surface area contributed by atoms with Crippen LogP contribution >= 0.6 is 0 Å². The van der Waals surface area contributed by atoms with Gasteiger partial charge in [-0.2, -0.15) is 8.42 Å². The number of carbonyl (C=O) groups excluding carboxylic acids is 2. The summed E-state index contributed by atoms with van der Waals surface area (Å²) in [6.45, 7) is 10.3. The summed E-state index contributed by atoms with van der Waals surface area (Å²) in [7, 11) is -4.01. The smallest absolute Gasteiger partial charge is 0.264 e. The number of carbonyl (C=O) groups is 2. The van der Waals surface area contributed by atoms with Gasteiger partial charge in [-0.05, 0) is 42.5 Å². The predicted molar refractivity (Wildman–Crippen MR) is 216 cm³/mol. The first-order chi connectivity index (χ1) is 26.2. The fraction of sp³-hybridized carbons (Fsp3) is 0.634. The number of nitrogens with one attached hydrogen (secondary N) is 2. The highest BCUT2D eigenvalue weighted by atomic mass is 32.2. The van der Waals surface area contributed by atoms with Crippen LogP contribution in [0.4, 0.5) is 5.69 Å². The number of ether oxygens (including phenoxy) is 3. The third-order valence-corrected chi connectivity index (χ3v) is 9.52. The lowest BCUT2D eigenvalue weighted by Gasteiger charge is -2.25. The van der Waals surface area contributed by atoms with Crippen LogP contribution < -0.4 is 20.1 Å². The van der Waals surface area contributed by atoms with Gasteiger partial charge in [-0.3, -0.25) is 14.1 Å². The van der Waals surface area contributed by atoms with Crippen molar-refractivity contribution in [1.29, 1.82) is 0 Å². The summed E-state index contributed by atoms with van der Waals surface area (Å²) in [5.41, 5.74) is 3.64. The summed E-state index contributed by atoms with van der Waals surface area (Å²) < 4.78 is 48.3. The van der Waals surface area contributed by atoms with Gasteiger partial charge in [0.15, 0.2) is 12.4 Å². The van der Waals surface area contributed by atoms with Crippen LogP contribution in [-0.2, 0) is 40.5 Å². The number of pyridine rings is 1. The van der Waals surface area contributed by atoms with Gasteiger partial charge in [-0.15, -0.1) is 0 Å². The zero-order valence-corrected chi connectivity index (χ0v) is 33.7. The molecule has 1 heterocycles. The number of aryl methyl sites for hydroxylation is 1. The molecular formula is C41H67N4O8S+. The van der Waals surface area contributed by atoms with Crippen molar-refractivity contribution in [3.63, 3.8) is 0 Å². The third kappa shape index (κ3) is 24.9. The fourth-order valence-electron chi connectivity index (χ4n) is 5.60. The molecule has 2 aromatic rings. The second-order valence-electron chi connectivity index (χ2n) is 13.4. The molecule has 0 aliphatic heterocycles. The summed E-state index contributed by atoms with van der Waals surface area (Å²) in [5.74, 6) is -0.635. The van der Waals surface area contributed by atoms with Crippen LogP contribution in [0, 0.1) is 0 Å². The van der Waals surface area contributed by atoms with Crippen molar-refractivity contribution in [3.8, 4) is 0 Å². The highest BCUT2D eigenvalue weighted by molar-refractivity contribution is 7.85. The maximum Gasteiger partial charge on any atom is 0.264 e. The van der Waals surface area contributed by atoms with Gasteiger partial charge in [-0.25, -0.2) is 4.57 Å². The number of rotatable bonds is 33. The molecule has 0 spiro atoms. The Morgan fingerprint density at radius 1 is 0.667 bits per heavy atom. The molecule has 2 amide bonds. The molecule has 1 aromatic heterocycles. The minimum atomic E-state index is -4.01. The van der Waals surface area contributed by atoms with Gasteiger partial charge >= 0.3 is 0 Å². The van der Waals surface area contributed by atoms with E-state index in [1.165, 1.54) is 62.6 Å². The van der Waals surface area contributed by atoms with E-state index in [-0.39, 0.29) is 43.6 Å². The quantitative estimate of drug-likeness (QED) is 0.0462. The topological polar surface area (TPSA) is 147 Å². The Labute approximate surface area is 324 Å². The van der Waals surface area contributed by atoms with Gasteiger partial charge in [-0.1, -0.05) is 76.7 Å². The summed E-state index contributed by atoms with van der Waals surface area (Å²) >= 11 is 0. The second kappa shape index (κ2) is 29.9. The number of nitrogens with zero attached hydrogens (tertiary/aromatic N) is 2. The highest BCUT2D eigenvalue weighted by Gasteiger charge is 2.08. The first kappa shape index (κ1) is 46.8. The van der Waals surface area contributed by atoms with E-state index in [9.17, 15) is 18.0 Å². The molecule has 0 radical (unpaired) electrons. The van der Waals surface area contributed by atoms with Crippen molar-refractivity contribution < 1.29 is 41.3 Å². The number of hydrogen-bond acceptors (Lipinski definition) is 8. The van der Waals surface area contributed by atoms with E-state index >= 15 is 0 Å². The molecule has 0 saturated heterocycles. The Kier molecular flexibility index (Phi) is 25.9. The van der Waals surface area contributed by atoms with Gasteiger partial charge in [0, 0.05) is 63.3 Å². The molecule has 0 fully saturated rings. The Morgan fingerprint density at radius 2 is 1.20 bits per heavy atom.